The summed E-state index contributed by atoms with van der Waals surface area (Å²) < 4.78 is 0. The van der Waals surface area contributed by atoms with Gasteiger partial charge in [0, 0.05) is 5.39 Å². The number of aryl methyl sites for hydroxylation is 1. The van der Waals surface area contributed by atoms with Crippen LogP contribution in [-0.2, 0) is 0 Å². The first-order chi connectivity index (χ1) is 9.81. The molecular formula is C17H15N3. The highest BCUT2D eigenvalue weighted by atomic mass is 15.3. The number of pyridine rings is 1. The maximum atomic E-state index is 4.50. The van der Waals surface area contributed by atoms with Crippen LogP contribution in [0.3, 0.4) is 0 Å². The van der Waals surface area contributed by atoms with Gasteiger partial charge in [-0.1, -0.05) is 48.0 Å². The lowest BCUT2D eigenvalue weighted by molar-refractivity contribution is 1.26. The van der Waals surface area contributed by atoms with Crippen molar-refractivity contribution in [2.45, 2.75) is 6.92 Å². The molecule has 98 valence electrons. The number of fused-ring (bicyclic) bond motifs is 1. The van der Waals surface area contributed by atoms with Gasteiger partial charge in [-0.2, -0.15) is 5.10 Å². The van der Waals surface area contributed by atoms with Gasteiger partial charge in [0.1, 0.15) is 5.82 Å². The second-order valence-corrected chi connectivity index (χ2v) is 4.67. The van der Waals surface area contributed by atoms with Crippen LogP contribution < -0.4 is 5.43 Å². The average molecular weight is 261 g/mol. The first-order valence-electron chi connectivity index (χ1n) is 6.53. The molecule has 20 heavy (non-hydrogen) atoms. The summed E-state index contributed by atoms with van der Waals surface area (Å²) in [6.07, 6.45) is 1.80. The number of anilines is 1. The van der Waals surface area contributed by atoms with Gasteiger partial charge in [0.25, 0.3) is 0 Å². The molecule has 3 rings (SSSR count). The maximum absolute atomic E-state index is 4.50. The molecule has 0 saturated heterocycles. The third-order valence-electron chi connectivity index (χ3n) is 3.03. The summed E-state index contributed by atoms with van der Waals surface area (Å²) in [6, 6.07) is 20.2. The van der Waals surface area contributed by atoms with Crippen molar-refractivity contribution >= 4 is 22.9 Å². The molecule has 3 aromatic rings. The van der Waals surface area contributed by atoms with E-state index in [9.17, 15) is 0 Å². The lowest BCUT2D eigenvalue weighted by Crippen LogP contribution is -1.93. The molecule has 0 bridgehead atoms. The van der Waals surface area contributed by atoms with Gasteiger partial charge in [0.05, 0.1) is 11.7 Å². The fraction of sp³-hybridized carbons (Fsp3) is 0.0588. The molecular weight excluding hydrogens is 246 g/mol. The lowest BCUT2D eigenvalue weighted by Gasteiger charge is -2.01. The minimum absolute atomic E-state index is 0.743. The van der Waals surface area contributed by atoms with E-state index in [0.29, 0.717) is 0 Å². The van der Waals surface area contributed by atoms with Crippen LogP contribution in [0.1, 0.15) is 11.1 Å². The van der Waals surface area contributed by atoms with Crippen molar-refractivity contribution in [3.8, 4) is 0 Å². The molecule has 0 radical (unpaired) electrons. The molecule has 0 spiro atoms. The fourth-order valence-corrected chi connectivity index (χ4v) is 2.05. The van der Waals surface area contributed by atoms with E-state index in [4.69, 9.17) is 0 Å². The summed E-state index contributed by atoms with van der Waals surface area (Å²) in [5.41, 5.74) is 6.21. The van der Waals surface area contributed by atoms with Gasteiger partial charge >= 0.3 is 0 Å². The van der Waals surface area contributed by atoms with Crippen molar-refractivity contribution in [3.05, 3.63) is 71.8 Å². The van der Waals surface area contributed by atoms with E-state index in [2.05, 4.69) is 34.6 Å². The van der Waals surface area contributed by atoms with Crippen LogP contribution in [0.15, 0.2) is 65.8 Å². The number of hydrogen-bond donors (Lipinski definition) is 1. The van der Waals surface area contributed by atoms with Crippen molar-refractivity contribution in [2.75, 3.05) is 5.43 Å². The summed E-state index contributed by atoms with van der Waals surface area (Å²) in [6.45, 7) is 2.07. The van der Waals surface area contributed by atoms with E-state index in [1.54, 1.807) is 6.21 Å². The van der Waals surface area contributed by atoms with Crippen molar-refractivity contribution in [1.82, 2.24) is 4.98 Å². The molecule has 3 heteroatoms. The van der Waals surface area contributed by atoms with Gasteiger partial charge in [-0.15, -0.1) is 0 Å². The van der Waals surface area contributed by atoms with Gasteiger partial charge in [0.15, 0.2) is 0 Å². The Morgan fingerprint density at radius 2 is 1.90 bits per heavy atom. The van der Waals surface area contributed by atoms with E-state index in [-0.39, 0.29) is 0 Å². The molecule has 0 saturated carbocycles. The zero-order valence-electron chi connectivity index (χ0n) is 11.2. The van der Waals surface area contributed by atoms with Crippen LogP contribution in [0.5, 0.6) is 0 Å². The second kappa shape index (κ2) is 5.53. The highest BCUT2D eigenvalue weighted by Crippen LogP contribution is 2.14. The maximum Gasteiger partial charge on any atom is 0.146 e. The van der Waals surface area contributed by atoms with Crippen LogP contribution >= 0.6 is 0 Å². The van der Waals surface area contributed by atoms with Gasteiger partial charge in [-0.05, 0) is 30.7 Å². The average Bonchev–Trinajstić information content (AvgIpc) is 2.47. The number of para-hydroxylation sites is 1. The third kappa shape index (κ3) is 2.83. The summed E-state index contributed by atoms with van der Waals surface area (Å²) in [7, 11) is 0. The SMILES string of the molecule is Cc1cccc(C=NNc2ccc3ccccc3n2)c1. The predicted molar refractivity (Wildman–Crippen MR) is 84.1 cm³/mol. The lowest BCUT2D eigenvalue weighted by atomic mass is 10.2. The molecule has 0 aliphatic heterocycles. The number of hydrazone groups is 1. The Hall–Kier alpha value is -2.68. The highest BCUT2D eigenvalue weighted by Gasteiger charge is 1.95. The number of rotatable bonds is 3. The zero-order valence-corrected chi connectivity index (χ0v) is 11.2. The van der Waals surface area contributed by atoms with Crippen molar-refractivity contribution < 1.29 is 0 Å². The van der Waals surface area contributed by atoms with Crippen LogP contribution in [0.25, 0.3) is 10.9 Å². The summed E-state index contributed by atoms with van der Waals surface area (Å²) in [5, 5.41) is 5.35. The molecule has 1 N–H and O–H groups in total. The molecule has 2 aromatic carbocycles. The standard InChI is InChI=1S/C17H15N3/c1-13-5-4-6-14(11-13)12-18-20-17-10-9-15-7-2-3-8-16(15)19-17/h2-12H,1H3,(H,19,20). The Bertz CT molecular complexity index is 763. The van der Waals surface area contributed by atoms with E-state index in [1.807, 2.05) is 48.5 Å². The van der Waals surface area contributed by atoms with Crippen LogP contribution in [0.4, 0.5) is 5.82 Å². The van der Waals surface area contributed by atoms with E-state index in [1.165, 1.54) is 5.56 Å². The Morgan fingerprint density at radius 3 is 2.80 bits per heavy atom. The predicted octanol–water partition coefficient (Wildman–Crippen LogP) is 3.99. The van der Waals surface area contributed by atoms with E-state index >= 15 is 0 Å². The molecule has 0 fully saturated rings. The number of aromatic nitrogens is 1. The van der Waals surface area contributed by atoms with Gasteiger partial charge in [-0.25, -0.2) is 4.98 Å². The van der Waals surface area contributed by atoms with Crippen molar-refractivity contribution in [2.24, 2.45) is 5.10 Å². The van der Waals surface area contributed by atoms with Crippen LogP contribution in [0.2, 0.25) is 0 Å². The van der Waals surface area contributed by atoms with Crippen molar-refractivity contribution in [3.63, 3.8) is 0 Å². The smallest absolute Gasteiger partial charge is 0.146 e. The fourth-order valence-electron chi connectivity index (χ4n) is 2.05. The highest BCUT2D eigenvalue weighted by molar-refractivity contribution is 5.81. The molecule has 0 aliphatic carbocycles. The quantitative estimate of drug-likeness (QED) is 0.571. The Balaban J connectivity index is 1.76. The Morgan fingerprint density at radius 1 is 1.00 bits per heavy atom. The monoisotopic (exact) mass is 261 g/mol. The third-order valence-corrected chi connectivity index (χ3v) is 3.03. The van der Waals surface area contributed by atoms with Crippen molar-refractivity contribution in [1.29, 1.82) is 0 Å². The van der Waals surface area contributed by atoms with Crippen LogP contribution in [-0.4, -0.2) is 11.2 Å². The topological polar surface area (TPSA) is 37.3 Å². The molecule has 0 unspecified atom stereocenters. The largest absolute Gasteiger partial charge is 0.261 e. The minimum atomic E-state index is 0.743. The minimum Gasteiger partial charge on any atom is -0.261 e. The second-order valence-electron chi connectivity index (χ2n) is 4.67. The first kappa shape index (κ1) is 12.4. The number of hydrogen-bond acceptors (Lipinski definition) is 3. The molecule has 1 aromatic heterocycles. The zero-order chi connectivity index (χ0) is 13.8. The Kier molecular flexibility index (Phi) is 3.42. The van der Waals surface area contributed by atoms with Crippen LogP contribution in [0, 0.1) is 6.92 Å². The summed E-state index contributed by atoms with van der Waals surface area (Å²) in [4.78, 5) is 4.50. The first-order valence-corrected chi connectivity index (χ1v) is 6.53. The number of nitrogens with zero attached hydrogens (tertiary/aromatic N) is 2. The molecule has 0 atom stereocenters. The van der Waals surface area contributed by atoms with E-state index in [0.717, 1.165) is 22.3 Å². The van der Waals surface area contributed by atoms with Gasteiger partial charge in [-0.3, -0.25) is 5.43 Å². The molecule has 3 nitrogen and oxygen atoms in total. The Labute approximate surface area is 118 Å². The number of nitrogens with one attached hydrogen (secondary N) is 1. The van der Waals surface area contributed by atoms with Gasteiger partial charge in [0.2, 0.25) is 0 Å². The van der Waals surface area contributed by atoms with E-state index < -0.39 is 0 Å². The summed E-state index contributed by atoms with van der Waals surface area (Å²) >= 11 is 0. The number of benzene rings is 2. The van der Waals surface area contributed by atoms with Gasteiger partial charge < -0.3 is 0 Å². The molecule has 0 aliphatic rings. The summed E-state index contributed by atoms with van der Waals surface area (Å²) in [5.74, 6) is 0.743. The molecule has 0 amide bonds. The normalized spacial score (nSPS) is 11.1. The molecule has 1 heterocycles.